The third-order valence-electron chi connectivity index (χ3n) is 13.3. The number of hydrogen-bond donors (Lipinski definition) is 2. The number of aromatic nitrogens is 2. The Labute approximate surface area is 361 Å². The number of anilines is 2. The molecule has 0 aliphatic carbocycles. The minimum atomic E-state index is -1.17. The van der Waals surface area contributed by atoms with Crippen LogP contribution in [0.25, 0.3) is 0 Å². The standard InChI is InChI=1S/C46H55N9O7/c1-30-21-32(23-34-28-48-29-37(30)34)22-33(25-41(56)53-15-8-36(9-16-53)55-40-3-2-10-49-38(40)26-43(55)58)45(61)50-39(24-31-6-13-52(14-7-31)42(57)27-44(59)60)46(62)54-19-17-51(18-20-54)35-4-11-47-12-5-35/h2-5,10-12,21,23,28,31,33,36,39H,6-9,13-20,22,24-27,29H2,1H3,(H,50,61)(H,59,60)/t33-,39-/m0/s1. The van der Waals surface area contributed by atoms with Crippen LogP contribution in [-0.2, 0) is 48.2 Å². The smallest absolute Gasteiger partial charge is 0.312 e. The van der Waals surface area contributed by atoms with Gasteiger partial charge in [0, 0.05) is 95.3 Å². The number of aliphatic carboxylic acids is 1. The predicted octanol–water partition coefficient (Wildman–Crippen LogP) is 2.78. The van der Waals surface area contributed by atoms with Crippen LogP contribution in [0.4, 0.5) is 11.4 Å². The van der Waals surface area contributed by atoms with E-state index in [9.17, 15) is 28.8 Å². The molecule has 8 rings (SSSR count). The first-order valence-corrected chi connectivity index (χ1v) is 21.9. The third-order valence-corrected chi connectivity index (χ3v) is 13.3. The molecule has 1 aromatic carbocycles. The number of carboxylic acid groups (broad SMARTS) is 1. The van der Waals surface area contributed by atoms with E-state index in [-0.39, 0.29) is 54.9 Å². The maximum atomic E-state index is 14.7. The molecule has 2 N–H and O–H groups in total. The topological polar surface area (TPSA) is 189 Å². The summed E-state index contributed by atoms with van der Waals surface area (Å²) in [6.07, 6.45) is 9.69. The van der Waals surface area contributed by atoms with Gasteiger partial charge in [0.15, 0.2) is 0 Å². The second-order valence-corrected chi connectivity index (χ2v) is 17.3. The maximum Gasteiger partial charge on any atom is 0.312 e. The zero-order valence-corrected chi connectivity index (χ0v) is 35.3. The molecule has 16 nitrogen and oxygen atoms in total. The fraction of sp³-hybridized carbons (Fsp3) is 0.500. The largest absolute Gasteiger partial charge is 0.481 e. The van der Waals surface area contributed by atoms with Crippen molar-refractivity contribution >= 4 is 53.1 Å². The van der Waals surface area contributed by atoms with E-state index in [0.29, 0.717) is 91.0 Å². The van der Waals surface area contributed by atoms with Crippen molar-refractivity contribution in [2.24, 2.45) is 16.8 Å². The minimum Gasteiger partial charge on any atom is -0.481 e. The number of piperazine rings is 1. The number of piperidine rings is 2. The first kappa shape index (κ1) is 42.5. The molecule has 0 radical (unpaired) electrons. The van der Waals surface area contributed by atoms with Crippen LogP contribution in [0.5, 0.6) is 0 Å². The van der Waals surface area contributed by atoms with Gasteiger partial charge in [0.2, 0.25) is 29.5 Å². The predicted molar refractivity (Wildman–Crippen MR) is 230 cm³/mol. The summed E-state index contributed by atoms with van der Waals surface area (Å²) < 4.78 is 0. The molecule has 7 heterocycles. The van der Waals surface area contributed by atoms with E-state index >= 15 is 0 Å². The minimum absolute atomic E-state index is 0.00139. The Kier molecular flexibility index (Phi) is 12.9. The number of nitrogens with one attached hydrogen (secondary N) is 1. The second kappa shape index (κ2) is 18.8. The molecule has 3 fully saturated rings. The molecule has 0 spiro atoms. The number of hydrogen-bond acceptors (Lipinski definition) is 10. The highest BCUT2D eigenvalue weighted by molar-refractivity contribution is 6.01. The van der Waals surface area contributed by atoms with Crippen LogP contribution in [0, 0.1) is 18.8 Å². The van der Waals surface area contributed by atoms with Crippen molar-refractivity contribution in [3.05, 3.63) is 82.9 Å². The van der Waals surface area contributed by atoms with E-state index in [1.54, 1.807) is 33.3 Å². The molecular formula is C46H55N9O7. The Balaban J connectivity index is 0.983. The Morgan fingerprint density at radius 1 is 0.855 bits per heavy atom. The molecule has 16 heteroatoms. The van der Waals surface area contributed by atoms with E-state index in [0.717, 1.165) is 39.3 Å². The molecule has 2 aromatic heterocycles. The number of likely N-dealkylation sites (tertiary alicyclic amines) is 2. The Hall–Kier alpha value is -6.19. The van der Waals surface area contributed by atoms with E-state index in [2.05, 4.69) is 31.2 Å². The van der Waals surface area contributed by atoms with Gasteiger partial charge >= 0.3 is 5.97 Å². The van der Waals surface area contributed by atoms with Gasteiger partial charge in [-0.1, -0.05) is 6.07 Å². The molecule has 0 unspecified atom stereocenters. The van der Waals surface area contributed by atoms with Crippen LogP contribution < -0.4 is 15.1 Å². The Morgan fingerprint density at radius 3 is 2.29 bits per heavy atom. The van der Waals surface area contributed by atoms with E-state index < -0.39 is 30.3 Å². The van der Waals surface area contributed by atoms with Gasteiger partial charge in [-0.25, -0.2) is 0 Å². The zero-order chi connectivity index (χ0) is 43.3. The SMILES string of the molecule is Cc1cc(C[C@@H](CC(=O)N2CCC(N3C(=O)Cc4ncccc43)CC2)C(=O)N[C@@H](CC2CCN(C(=O)CC(=O)O)CC2)C(=O)N2CCN(c3ccncc3)CC2)cc2c1CN=C2. The Morgan fingerprint density at radius 2 is 1.56 bits per heavy atom. The number of nitrogens with zero attached hydrogens (tertiary/aromatic N) is 8. The number of carbonyl (C=O) groups is 6. The van der Waals surface area contributed by atoms with Gasteiger partial charge in [-0.3, -0.25) is 43.7 Å². The lowest BCUT2D eigenvalue weighted by Crippen LogP contribution is -2.56. The van der Waals surface area contributed by atoms with Crippen LogP contribution in [0.1, 0.15) is 72.9 Å². The number of amides is 5. The van der Waals surface area contributed by atoms with Crippen LogP contribution in [0.3, 0.4) is 0 Å². The highest BCUT2D eigenvalue weighted by Gasteiger charge is 2.38. The number of fused-ring (bicyclic) bond motifs is 2. The fourth-order valence-electron chi connectivity index (χ4n) is 9.87. The van der Waals surface area contributed by atoms with Crippen molar-refractivity contribution in [2.45, 2.75) is 83.3 Å². The molecular weight excluding hydrogens is 791 g/mol. The van der Waals surface area contributed by atoms with Gasteiger partial charge in [0.05, 0.1) is 30.3 Å². The Bertz CT molecular complexity index is 2210. The molecule has 326 valence electrons. The summed E-state index contributed by atoms with van der Waals surface area (Å²) in [7, 11) is 0. The van der Waals surface area contributed by atoms with Crippen LogP contribution >= 0.6 is 0 Å². The van der Waals surface area contributed by atoms with Crippen molar-refractivity contribution in [3.8, 4) is 0 Å². The number of carboxylic acids is 1. The van der Waals surface area contributed by atoms with E-state index in [1.807, 2.05) is 48.4 Å². The van der Waals surface area contributed by atoms with Gasteiger partial charge in [-0.2, -0.15) is 0 Å². The third kappa shape index (κ3) is 9.63. The summed E-state index contributed by atoms with van der Waals surface area (Å²) >= 11 is 0. The molecule has 5 aliphatic heterocycles. The summed E-state index contributed by atoms with van der Waals surface area (Å²) in [5.74, 6) is -3.04. The summed E-state index contributed by atoms with van der Waals surface area (Å²) in [6, 6.07) is 10.8. The summed E-state index contributed by atoms with van der Waals surface area (Å²) in [5.41, 5.74) is 6.78. The highest BCUT2D eigenvalue weighted by Crippen LogP contribution is 2.33. The van der Waals surface area contributed by atoms with Crippen molar-refractivity contribution in [3.63, 3.8) is 0 Å². The van der Waals surface area contributed by atoms with Gasteiger partial charge < -0.3 is 34.9 Å². The quantitative estimate of drug-likeness (QED) is 0.242. The second-order valence-electron chi connectivity index (χ2n) is 17.3. The number of aryl methyl sites for hydroxylation is 1. The lowest BCUT2D eigenvalue weighted by Gasteiger charge is -2.39. The van der Waals surface area contributed by atoms with E-state index in [4.69, 9.17) is 5.11 Å². The monoisotopic (exact) mass is 845 g/mol. The van der Waals surface area contributed by atoms with Gasteiger partial charge in [0.1, 0.15) is 12.5 Å². The molecule has 0 saturated carbocycles. The van der Waals surface area contributed by atoms with Crippen LogP contribution in [0.15, 0.2) is 60.0 Å². The summed E-state index contributed by atoms with van der Waals surface area (Å²) in [6.45, 7) is 6.46. The average molecular weight is 846 g/mol. The molecule has 0 bridgehead atoms. The number of pyridine rings is 2. The average Bonchev–Trinajstić information content (AvgIpc) is 3.90. The van der Waals surface area contributed by atoms with Crippen LogP contribution in [0.2, 0.25) is 0 Å². The molecule has 62 heavy (non-hydrogen) atoms. The first-order chi connectivity index (χ1) is 30.0. The molecule has 3 aromatic rings. The van der Waals surface area contributed by atoms with Gasteiger partial charge in [-0.05, 0) is 104 Å². The lowest BCUT2D eigenvalue weighted by molar-refractivity contribution is -0.145. The van der Waals surface area contributed by atoms with Crippen molar-refractivity contribution in [2.75, 3.05) is 62.2 Å². The molecule has 5 aliphatic rings. The normalized spacial score (nSPS) is 19.0. The maximum absolute atomic E-state index is 14.7. The summed E-state index contributed by atoms with van der Waals surface area (Å²) in [5, 5.41) is 12.3. The van der Waals surface area contributed by atoms with Crippen molar-refractivity contribution < 1.29 is 33.9 Å². The number of carbonyl (C=O) groups excluding carboxylic acids is 5. The fourth-order valence-corrected chi connectivity index (χ4v) is 9.87. The zero-order valence-electron chi connectivity index (χ0n) is 35.3. The molecule has 3 saturated heterocycles. The van der Waals surface area contributed by atoms with Gasteiger partial charge in [0.25, 0.3) is 0 Å². The molecule has 2 atom stereocenters. The van der Waals surface area contributed by atoms with Crippen LogP contribution in [-0.4, -0.2) is 136 Å². The molecule has 5 amide bonds. The lowest BCUT2D eigenvalue weighted by atomic mass is 9.88. The van der Waals surface area contributed by atoms with Gasteiger partial charge in [-0.15, -0.1) is 0 Å². The summed E-state index contributed by atoms with van der Waals surface area (Å²) in [4.78, 5) is 102. The number of rotatable bonds is 13. The highest BCUT2D eigenvalue weighted by atomic mass is 16.4. The van der Waals surface area contributed by atoms with E-state index in [1.165, 1.54) is 0 Å². The number of aliphatic imine (C=N–C) groups is 1. The number of benzene rings is 1. The van der Waals surface area contributed by atoms with Crippen molar-refractivity contribution in [1.82, 2.24) is 30.0 Å². The van der Waals surface area contributed by atoms with Crippen molar-refractivity contribution in [1.29, 1.82) is 0 Å². The first-order valence-electron chi connectivity index (χ1n) is 21.9.